The molecule has 1 amide bonds. The molecule has 2 N–H and O–H groups in total. The largest absolute Gasteiger partial charge is 0.497 e. The molecule has 0 aliphatic heterocycles. The molecule has 6 nitrogen and oxygen atoms in total. The van der Waals surface area contributed by atoms with Gasteiger partial charge in [0.15, 0.2) is 0 Å². The van der Waals surface area contributed by atoms with Gasteiger partial charge in [-0.05, 0) is 37.7 Å². The van der Waals surface area contributed by atoms with E-state index in [4.69, 9.17) is 9.84 Å². The van der Waals surface area contributed by atoms with Crippen molar-refractivity contribution >= 4 is 5.91 Å². The van der Waals surface area contributed by atoms with Crippen LogP contribution in [0, 0.1) is 6.92 Å². The number of nitrogens with zero attached hydrogens (tertiary/aromatic N) is 2. The highest BCUT2D eigenvalue weighted by atomic mass is 16.5. The summed E-state index contributed by atoms with van der Waals surface area (Å²) in [4.78, 5) is 12.8. The van der Waals surface area contributed by atoms with Crippen LogP contribution in [0.25, 0.3) is 16.9 Å². The first kappa shape index (κ1) is 19.6. The highest BCUT2D eigenvalue weighted by molar-refractivity contribution is 6.00. The van der Waals surface area contributed by atoms with E-state index in [0.29, 0.717) is 17.8 Å². The Labute approximate surface area is 165 Å². The van der Waals surface area contributed by atoms with E-state index in [1.807, 2.05) is 62.4 Å². The predicted molar refractivity (Wildman–Crippen MR) is 111 cm³/mol. The van der Waals surface area contributed by atoms with Crippen molar-refractivity contribution in [2.75, 3.05) is 26.7 Å². The summed E-state index contributed by atoms with van der Waals surface area (Å²) in [7, 11) is 1.62. The number of hydrogen-bond acceptors (Lipinski definition) is 4. The van der Waals surface area contributed by atoms with Crippen LogP contribution >= 0.6 is 0 Å². The maximum absolute atomic E-state index is 12.8. The molecular weight excluding hydrogens is 352 g/mol. The molecule has 0 saturated carbocycles. The number of aromatic nitrogens is 2. The minimum atomic E-state index is -0.144. The molecule has 146 valence electrons. The van der Waals surface area contributed by atoms with Gasteiger partial charge in [-0.25, -0.2) is 4.68 Å². The molecule has 0 atom stereocenters. The Morgan fingerprint density at radius 3 is 2.64 bits per heavy atom. The number of methoxy groups -OCH3 is 1. The molecule has 28 heavy (non-hydrogen) atoms. The smallest absolute Gasteiger partial charge is 0.255 e. The fourth-order valence-electron chi connectivity index (χ4n) is 2.89. The third-order valence-corrected chi connectivity index (χ3v) is 4.44. The van der Waals surface area contributed by atoms with Gasteiger partial charge in [-0.3, -0.25) is 4.79 Å². The van der Waals surface area contributed by atoms with Crippen LogP contribution in [0.3, 0.4) is 0 Å². The minimum absolute atomic E-state index is 0.144. The first-order chi connectivity index (χ1) is 13.6. The van der Waals surface area contributed by atoms with Gasteiger partial charge >= 0.3 is 0 Å². The fraction of sp³-hybridized carbons (Fsp3) is 0.273. The molecule has 6 heteroatoms. The van der Waals surface area contributed by atoms with Gasteiger partial charge in [0.1, 0.15) is 11.4 Å². The van der Waals surface area contributed by atoms with Crippen molar-refractivity contribution in [1.82, 2.24) is 20.4 Å². The van der Waals surface area contributed by atoms with Gasteiger partial charge in [0.2, 0.25) is 0 Å². The van der Waals surface area contributed by atoms with Crippen LogP contribution in [0.2, 0.25) is 0 Å². The lowest BCUT2D eigenvalue weighted by Gasteiger charge is -2.06. The molecule has 0 unspecified atom stereocenters. The van der Waals surface area contributed by atoms with Crippen LogP contribution in [0.5, 0.6) is 5.75 Å². The zero-order valence-electron chi connectivity index (χ0n) is 16.5. The van der Waals surface area contributed by atoms with Crippen molar-refractivity contribution in [2.45, 2.75) is 13.8 Å². The average Bonchev–Trinajstić information content (AvgIpc) is 3.17. The molecule has 0 fully saturated rings. The number of hydrogen-bond donors (Lipinski definition) is 2. The number of rotatable bonds is 8. The Morgan fingerprint density at radius 1 is 1.14 bits per heavy atom. The molecule has 0 spiro atoms. The third kappa shape index (κ3) is 4.58. The number of benzene rings is 2. The van der Waals surface area contributed by atoms with E-state index in [1.54, 1.807) is 18.0 Å². The number of likely N-dealkylation sites (N-methyl/N-ethyl adjacent to an activating group) is 1. The second kappa shape index (κ2) is 9.19. The molecule has 3 rings (SSSR count). The van der Waals surface area contributed by atoms with E-state index in [-0.39, 0.29) is 5.91 Å². The van der Waals surface area contributed by atoms with E-state index in [9.17, 15) is 4.79 Å². The van der Waals surface area contributed by atoms with Gasteiger partial charge in [-0.2, -0.15) is 5.10 Å². The summed E-state index contributed by atoms with van der Waals surface area (Å²) in [6, 6.07) is 15.6. The predicted octanol–water partition coefficient (Wildman–Crippen LogP) is 3.20. The lowest BCUT2D eigenvalue weighted by molar-refractivity contribution is 0.0954. The molecular formula is C22H26N4O2. The van der Waals surface area contributed by atoms with Crippen LogP contribution in [0.1, 0.15) is 22.8 Å². The first-order valence-corrected chi connectivity index (χ1v) is 9.42. The van der Waals surface area contributed by atoms with Gasteiger partial charge in [0.25, 0.3) is 5.91 Å². The van der Waals surface area contributed by atoms with Gasteiger partial charge < -0.3 is 15.4 Å². The number of ether oxygens (including phenoxy) is 1. The fourth-order valence-corrected chi connectivity index (χ4v) is 2.89. The average molecular weight is 378 g/mol. The van der Waals surface area contributed by atoms with Crippen LogP contribution in [-0.4, -0.2) is 42.4 Å². The highest BCUT2D eigenvalue weighted by Gasteiger charge is 2.19. The molecule has 3 aromatic rings. The normalized spacial score (nSPS) is 10.7. The Hall–Kier alpha value is -3.12. The van der Waals surface area contributed by atoms with Crippen LogP contribution < -0.4 is 15.4 Å². The van der Waals surface area contributed by atoms with Crippen molar-refractivity contribution < 1.29 is 9.53 Å². The number of carbonyl (C=O) groups is 1. The lowest BCUT2D eigenvalue weighted by Crippen LogP contribution is -2.31. The Balaban J connectivity index is 1.97. The SMILES string of the molecule is CCNCCNC(=O)c1cn(-c2ccc(C)cc2)nc1-c1cccc(OC)c1. The monoisotopic (exact) mass is 378 g/mol. The lowest BCUT2D eigenvalue weighted by atomic mass is 10.1. The molecule has 0 aliphatic carbocycles. The molecule has 0 aliphatic rings. The van der Waals surface area contributed by atoms with Gasteiger partial charge in [-0.1, -0.05) is 36.8 Å². The summed E-state index contributed by atoms with van der Waals surface area (Å²) in [5, 5.41) is 10.9. The second-order valence-electron chi connectivity index (χ2n) is 6.51. The standard InChI is InChI=1S/C22H26N4O2/c1-4-23-12-13-24-22(27)20-15-26(18-10-8-16(2)9-11-18)25-21(20)17-6-5-7-19(14-17)28-3/h5-11,14-15,23H,4,12-13H2,1-3H3,(H,24,27). The first-order valence-electron chi connectivity index (χ1n) is 9.42. The summed E-state index contributed by atoms with van der Waals surface area (Å²) in [6.45, 7) is 6.23. The minimum Gasteiger partial charge on any atom is -0.497 e. The summed E-state index contributed by atoms with van der Waals surface area (Å²) in [5.41, 5.74) is 4.07. The summed E-state index contributed by atoms with van der Waals surface area (Å²) in [5.74, 6) is 0.579. The van der Waals surface area contributed by atoms with Crippen molar-refractivity contribution in [2.24, 2.45) is 0 Å². The van der Waals surface area contributed by atoms with Gasteiger partial charge in [0.05, 0.1) is 18.4 Å². The quantitative estimate of drug-likeness (QED) is 0.591. The van der Waals surface area contributed by atoms with E-state index in [0.717, 1.165) is 30.1 Å². The number of nitrogens with one attached hydrogen (secondary N) is 2. The van der Waals surface area contributed by atoms with Gasteiger partial charge in [0, 0.05) is 24.8 Å². The second-order valence-corrected chi connectivity index (χ2v) is 6.51. The zero-order chi connectivity index (χ0) is 19.9. The van der Waals surface area contributed by atoms with Crippen molar-refractivity contribution in [3.63, 3.8) is 0 Å². The van der Waals surface area contributed by atoms with Crippen molar-refractivity contribution in [3.05, 3.63) is 65.9 Å². The van der Waals surface area contributed by atoms with E-state index in [2.05, 4.69) is 10.6 Å². The maximum Gasteiger partial charge on any atom is 0.255 e. The van der Waals surface area contributed by atoms with Crippen molar-refractivity contribution in [3.8, 4) is 22.7 Å². The number of carbonyl (C=O) groups excluding carboxylic acids is 1. The van der Waals surface area contributed by atoms with E-state index < -0.39 is 0 Å². The molecule has 1 aromatic heterocycles. The van der Waals surface area contributed by atoms with Crippen LogP contribution in [-0.2, 0) is 0 Å². The number of aryl methyl sites for hydroxylation is 1. The Kier molecular flexibility index (Phi) is 6.45. The maximum atomic E-state index is 12.8. The molecule has 0 saturated heterocycles. The third-order valence-electron chi connectivity index (χ3n) is 4.44. The number of amides is 1. The molecule has 0 bridgehead atoms. The Morgan fingerprint density at radius 2 is 1.93 bits per heavy atom. The van der Waals surface area contributed by atoms with E-state index in [1.165, 1.54) is 5.56 Å². The topological polar surface area (TPSA) is 68.2 Å². The summed E-state index contributed by atoms with van der Waals surface area (Å²) >= 11 is 0. The van der Waals surface area contributed by atoms with Crippen LogP contribution in [0.15, 0.2) is 54.7 Å². The summed E-state index contributed by atoms with van der Waals surface area (Å²) in [6.07, 6.45) is 1.78. The zero-order valence-corrected chi connectivity index (χ0v) is 16.5. The van der Waals surface area contributed by atoms with E-state index >= 15 is 0 Å². The van der Waals surface area contributed by atoms with Gasteiger partial charge in [-0.15, -0.1) is 0 Å². The van der Waals surface area contributed by atoms with Crippen molar-refractivity contribution in [1.29, 1.82) is 0 Å². The highest BCUT2D eigenvalue weighted by Crippen LogP contribution is 2.27. The Bertz CT molecular complexity index is 932. The van der Waals surface area contributed by atoms with Crippen LogP contribution in [0.4, 0.5) is 0 Å². The molecule has 1 heterocycles. The molecule has 2 aromatic carbocycles. The molecule has 0 radical (unpaired) electrons. The summed E-state index contributed by atoms with van der Waals surface area (Å²) < 4.78 is 7.07.